The Morgan fingerprint density at radius 2 is 0.929 bits per heavy atom. The van der Waals surface area contributed by atoms with E-state index in [1.54, 1.807) is 0 Å². The highest BCUT2D eigenvalue weighted by atomic mass is 14.6. The summed E-state index contributed by atoms with van der Waals surface area (Å²) in [6.45, 7) is 0. The van der Waals surface area contributed by atoms with Crippen molar-refractivity contribution in [2.75, 3.05) is 0 Å². The lowest BCUT2D eigenvalue weighted by Gasteiger charge is -2.33. The summed E-state index contributed by atoms with van der Waals surface area (Å²) >= 11 is 0. The van der Waals surface area contributed by atoms with E-state index in [1.807, 2.05) is 0 Å². The Morgan fingerprint density at radius 3 is 1.57 bits per heavy atom. The Labute approximate surface area is 164 Å². The maximum atomic E-state index is 2.36. The van der Waals surface area contributed by atoms with Crippen LogP contribution >= 0.6 is 0 Å². The fourth-order valence-corrected chi connectivity index (χ4v) is 6.02. The van der Waals surface area contributed by atoms with Crippen molar-refractivity contribution < 1.29 is 0 Å². The highest BCUT2D eigenvalue weighted by Gasteiger charge is 2.54. The Hall–Kier alpha value is -3.38. The second kappa shape index (κ2) is 4.91. The van der Waals surface area contributed by atoms with E-state index in [9.17, 15) is 0 Å². The van der Waals surface area contributed by atoms with E-state index in [2.05, 4.69) is 97.1 Å². The lowest BCUT2D eigenvalue weighted by atomic mass is 9.68. The molecule has 0 fully saturated rings. The fraction of sp³-hybridized carbons (Fsp3) is 0.0714. The molecular formula is C28H18. The lowest BCUT2D eigenvalue weighted by molar-refractivity contribution is 0.842. The third kappa shape index (κ3) is 1.48. The van der Waals surface area contributed by atoms with Crippen LogP contribution in [0.4, 0.5) is 0 Å². The first-order valence-electron chi connectivity index (χ1n) is 10.0. The van der Waals surface area contributed by atoms with Gasteiger partial charge in [0.1, 0.15) is 0 Å². The van der Waals surface area contributed by atoms with Gasteiger partial charge in [0.05, 0.1) is 5.41 Å². The summed E-state index contributed by atoms with van der Waals surface area (Å²) in [4.78, 5) is 0. The SMILES string of the molecule is c1ccc2c(c1)CC1=C2C2(c3ccccc31)c1ccccc1-c1ccccc12. The number of allylic oxidation sites excluding steroid dienone is 2. The van der Waals surface area contributed by atoms with Crippen LogP contribution in [0, 0.1) is 0 Å². The van der Waals surface area contributed by atoms with E-state index in [0.29, 0.717) is 0 Å². The molecule has 28 heavy (non-hydrogen) atoms. The number of rotatable bonds is 0. The lowest BCUT2D eigenvalue weighted by Crippen LogP contribution is -2.26. The van der Waals surface area contributed by atoms with Gasteiger partial charge in [0.25, 0.3) is 0 Å². The quantitative estimate of drug-likeness (QED) is 0.339. The summed E-state index contributed by atoms with van der Waals surface area (Å²) in [6.07, 6.45) is 1.04. The van der Waals surface area contributed by atoms with Gasteiger partial charge >= 0.3 is 0 Å². The predicted octanol–water partition coefficient (Wildman–Crippen LogP) is 6.48. The van der Waals surface area contributed by atoms with E-state index < -0.39 is 0 Å². The molecule has 4 aromatic rings. The van der Waals surface area contributed by atoms with Crippen molar-refractivity contribution in [2.45, 2.75) is 11.8 Å². The van der Waals surface area contributed by atoms with E-state index in [4.69, 9.17) is 0 Å². The molecule has 0 saturated heterocycles. The molecule has 4 aromatic carbocycles. The van der Waals surface area contributed by atoms with Crippen LogP contribution in [0.15, 0.2) is 97.1 Å². The minimum absolute atomic E-state index is 0.189. The molecular weight excluding hydrogens is 336 g/mol. The van der Waals surface area contributed by atoms with Crippen LogP contribution in [0.25, 0.3) is 22.3 Å². The number of hydrogen-bond acceptors (Lipinski definition) is 0. The molecule has 0 bridgehead atoms. The third-order valence-corrected chi connectivity index (χ3v) is 6.94. The van der Waals surface area contributed by atoms with Gasteiger partial charge in [-0.25, -0.2) is 0 Å². The van der Waals surface area contributed by atoms with Gasteiger partial charge in [-0.3, -0.25) is 0 Å². The molecule has 0 heterocycles. The first-order chi connectivity index (χ1) is 13.9. The summed E-state index contributed by atoms with van der Waals surface area (Å²) < 4.78 is 0. The number of hydrogen-bond donors (Lipinski definition) is 0. The van der Waals surface area contributed by atoms with Crippen LogP contribution in [0.1, 0.15) is 33.4 Å². The molecule has 130 valence electrons. The molecule has 0 unspecified atom stereocenters. The zero-order valence-electron chi connectivity index (χ0n) is 15.4. The molecule has 0 aromatic heterocycles. The highest BCUT2D eigenvalue weighted by molar-refractivity contribution is 6.12. The largest absolute Gasteiger partial charge is 0.0728 e. The molecule has 0 atom stereocenters. The van der Waals surface area contributed by atoms with Crippen molar-refractivity contribution >= 4 is 11.1 Å². The van der Waals surface area contributed by atoms with Gasteiger partial charge < -0.3 is 0 Å². The first-order valence-corrected chi connectivity index (χ1v) is 10.0. The van der Waals surface area contributed by atoms with Crippen LogP contribution < -0.4 is 0 Å². The molecule has 0 radical (unpaired) electrons. The molecule has 0 heteroatoms. The van der Waals surface area contributed by atoms with E-state index in [1.165, 1.54) is 55.7 Å². The molecule has 0 aliphatic heterocycles. The van der Waals surface area contributed by atoms with Gasteiger partial charge in [-0.05, 0) is 62.1 Å². The second-order valence-corrected chi connectivity index (χ2v) is 8.07. The summed E-state index contributed by atoms with van der Waals surface area (Å²) in [7, 11) is 0. The minimum Gasteiger partial charge on any atom is -0.0619 e. The monoisotopic (exact) mass is 354 g/mol. The molecule has 7 rings (SSSR count). The van der Waals surface area contributed by atoms with Gasteiger partial charge in [-0.2, -0.15) is 0 Å². The van der Waals surface area contributed by atoms with Crippen LogP contribution in [-0.2, 0) is 11.8 Å². The van der Waals surface area contributed by atoms with Crippen LogP contribution in [0.5, 0.6) is 0 Å². The second-order valence-electron chi connectivity index (χ2n) is 8.07. The average molecular weight is 354 g/mol. The Morgan fingerprint density at radius 1 is 0.464 bits per heavy atom. The minimum atomic E-state index is -0.189. The van der Waals surface area contributed by atoms with Crippen molar-refractivity contribution in [3.8, 4) is 11.1 Å². The maximum Gasteiger partial charge on any atom is 0.0728 e. The van der Waals surface area contributed by atoms with Gasteiger partial charge in [-0.15, -0.1) is 0 Å². The van der Waals surface area contributed by atoms with E-state index in [-0.39, 0.29) is 5.41 Å². The molecule has 0 nitrogen and oxygen atoms in total. The van der Waals surface area contributed by atoms with Crippen LogP contribution in [-0.4, -0.2) is 0 Å². The van der Waals surface area contributed by atoms with Gasteiger partial charge in [-0.1, -0.05) is 97.1 Å². The smallest absolute Gasteiger partial charge is 0.0619 e. The van der Waals surface area contributed by atoms with Crippen molar-refractivity contribution in [2.24, 2.45) is 0 Å². The fourth-order valence-electron chi connectivity index (χ4n) is 6.02. The summed E-state index contributed by atoms with van der Waals surface area (Å²) in [5, 5.41) is 0. The molecule has 1 spiro atoms. The average Bonchev–Trinajstić information content (AvgIpc) is 3.37. The third-order valence-electron chi connectivity index (χ3n) is 6.94. The molecule has 3 aliphatic rings. The zero-order valence-corrected chi connectivity index (χ0v) is 15.4. The van der Waals surface area contributed by atoms with E-state index in [0.717, 1.165) is 6.42 Å². The maximum absolute atomic E-state index is 2.36. The normalized spacial score (nSPS) is 16.6. The predicted molar refractivity (Wildman–Crippen MR) is 115 cm³/mol. The number of benzene rings is 4. The molecule has 0 amide bonds. The van der Waals surface area contributed by atoms with Gasteiger partial charge in [0.15, 0.2) is 0 Å². The Bertz CT molecular complexity index is 1290. The summed E-state index contributed by atoms with van der Waals surface area (Å²) in [5.41, 5.74) is 14.2. The highest BCUT2D eigenvalue weighted by Crippen LogP contribution is 2.66. The topological polar surface area (TPSA) is 0 Å². The zero-order chi connectivity index (χ0) is 18.3. The summed E-state index contributed by atoms with van der Waals surface area (Å²) in [5.74, 6) is 0. The molecule has 0 N–H and O–H groups in total. The number of fused-ring (bicyclic) bond motifs is 11. The standard InChI is InChI=1S/C28H18/c1-2-10-19-18(9-1)17-23-22-13-5-8-16-26(22)28(27(19)23)24-14-6-3-11-20(24)21-12-4-7-15-25(21)28/h1-16H,17H2. The van der Waals surface area contributed by atoms with Crippen LogP contribution in [0.3, 0.4) is 0 Å². The molecule has 3 aliphatic carbocycles. The van der Waals surface area contributed by atoms with E-state index >= 15 is 0 Å². The Kier molecular flexibility index (Phi) is 2.57. The molecule has 0 saturated carbocycles. The van der Waals surface area contributed by atoms with Crippen molar-refractivity contribution in [3.63, 3.8) is 0 Å². The van der Waals surface area contributed by atoms with Gasteiger partial charge in [0, 0.05) is 0 Å². The van der Waals surface area contributed by atoms with Crippen molar-refractivity contribution in [3.05, 3.63) is 130 Å². The van der Waals surface area contributed by atoms with Gasteiger partial charge in [0.2, 0.25) is 0 Å². The van der Waals surface area contributed by atoms with Crippen molar-refractivity contribution in [1.82, 2.24) is 0 Å². The van der Waals surface area contributed by atoms with Crippen molar-refractivity contribution in [1.29, 1.82) is 0 Å². The summed E-state index contributed by atoms with van der Waals surface area (Å²) in [6, 6.07) is 36.1. The first kappa shape index (κ1) is 14.6. The van der Waals surface area contributed by atoms with Crippen LogP contribution in [0.2, 0.25) is 0 Å². The Balaban J connectivity index is 1.71.